The molecule has 0 aromatic rings. The van der Waals surface area contributed by atoms with Crippen molar-refractivity contribution in [3.63, 3.8) is 0 Å². The quantitative estimate of drug-likeness (QED) is 0.0199. The average molecular weight is 1420 g/mol. The third kappa shape index (κ3) is 41.2. The van der Waals surface area contributed by atoms with Crippen LogP contribution in [0.1, 0.15) is 232 Å². The van der Waals surface area contributed by atoms with E-state index in [9.17, 15) is 61.0 Å². The molecule has 3 aliphatic heterocycles. The average Bonchev–Trinajstić information content (AvgIpc) is 0.782. The van der Waals surface area contributed by atoms with Gasteiger partial charge >= 0.3 is 0 Å². The molecule has 12 N–H and O–H groups in total. The summed E-state index contributed by atoms with van der Waals surface area (Å²) < 4.78 is 34.4. The van der Waals surface area contributed by atoms with Crippen molar-refractivity contribution in [2.75, 3.05) is 26.4 Å². The Morgan fingerprint density at radius 2 is 0.683 bits per heavy atom. The second-order valence-electron chi connectivity index (χ2n) is 26.7. The van der Waals surface area contributed by atoms with Gasteiger partial charge < -0.3 is 89.9 Å². The Labute approximate surface area is 606 Å². The SMILES string of the molecule is CC/C=C\C/C=C\C/C=C\C/C=C\C/C=C\C/C=C\C/C=C\C/C=C\C/C=C\C/C=C\C/C=C\CCCCCCCCCC(=O)NC(COC1OC(CO)C(OC2OC(CO)C(OC3OC(CO)C(O)C(O)C3O)C(O)C2O)C(O)C1O)C(O)/C=C/CCCCCCCCCCCCCCC. The van der Waals surface area contributed by atoms with E-state index in [-0.39, 0.29) is 18.9 Å². The fraction of sp³-hybridized carbons (Fsp3) is 0.695. The van der Waals surface area contributed by atoms with Crippen molar-refractivity contribution < 1.29 is 89.4 Å². The van der Waals surface area contributed by atoms with Gasteiger partial charge in [-0.25, -0.2) is 0 Å². The first kappa shape index (κ1) is 90.9. The number of hydrogen-bond donors (Lipinski definition) is 12. The Balaban J connectivity index is 1.34. The Kier molecular flexibility index (Phi) is 54.8. The lowest BCUT2D eigenvalue weighted by Gasteiger charge is -2.48. The molecule has 0 aromatic heterocycles. The van der Waals surface area contributed by atoms with Gasteiger partial charge in [-0.05, 0) is 103 Å². The van der Waals surface area contributed by atoms with Crippen LogP contribution in [0, 0.1) is 0 Å². The molecular formula is C82H135NO18. The summed E-state index contributed by atoms with van der Waals surface area (Å²) in [6, 6.07) is -0.989. The fourth-order valence-electron chi connectivity index (χ4n) is 12.0. The molecule has 17 unspecified atom stereocenters. The van der Waals surface area contributed by atoms with Crippen LogP contribution in [0.3, 0.4) is 0 Å². The molecule has 17 atom stereocenters. The number of nitrogens with one attached hydrogen (secondary N) is 1. The molecule has 576 valence electrons. The zero-order valence-electron chi connectivity index (χ0n) is 61.3. The molecule has 0 bridgehead atoms. The number of amides is 1. The number of ether oxygens (including phenoxy) is 6. The second kappa shape index (κ2) is 60.9. The molecule has 0 spiro atoms. The monoisotopic (exact) mass is 1420 g/mol. The summed E-state index contributed by atoms with van der Waals surface area (Å²) >= 11 is 0. The summed E-state index contributed by atoms with van der Waals surface area (Å²) in [7, 11) is 0. The number of allylic oxidation sites excluding steroid dienone is 23. The topological polar surface area (TPSA) is 307 Å². The largest absolute Gasteiger partial charge is 0.394 e. The summed E-state index contributed by atoms with van der Waals surface area (Å²) in [4.78, 5) is 13.4. The van der Waals surface area contributed by atoms with Gasteiger partial charge in [0.15, 0.2) is 18.9 Å². The van der Waals surface area contributed by atoms with E-state index in [2.05, 4.69) is 153 Å². The van der Waals surface area contributed by atoms with E-state index in [0.717, 1.165) is 141 Å². The zero-order valence-corrected chi connectivity index (χ0v) is 61.3. The molecule has 3 saturated heterocycles. The Morgan fingerprint density at radius 3 is 1.07 bits per heavy atom. The lowest BCUT2D eigenvalue weighted by molar-refractivity contribution is -0.379. The minimum Gasteiger partial charge on any atom is -0.394 e. The van der Waals surface area contributed by atoms with Gasteiger partial charge in [-0.2, -0.15) is 0 Å². The van der Waals surface area contributed by atoms with E-state index in [0.29, 0.717) is 6.42 Å². The van der Waals surface area contributed by atoms with Crippen molar-refractivity contribution in [1.82, 2.24) is 5.32 Å². The Hall–Kier alpha value is -4.33. The van der Waals surface area contributed by atoms with Crippen LogP contribution in [0.5, 0.6) is 0 Å². The van der Waals surface area contributed by atoms with Crippen molar-refractivity contribution in [2.45, 2.75) is 336 Å². The lowest BCUT2D eigenvalue weighted by atomic mass is 9.96. The number of aliphatic hydroxyl groups is 11. The first-order valence-electron chi connectivity index (χ1n) is 38.6. The maximum Gasteiger partial charge on any atom is 0.220 e. The Bertz CT molecular complexity index is 2400. The number of aliphatic hydroxyl groups excluding tert-OH is 11. The van der Waals surface area contributed by atoms with E-state index in [4.69, 9.17) is 28.4 Å². The molecule has 0 radical (unpaired) electrons. The molecule has 3 fully saturated rings. The van der Waals surface area contributed by atoms with Crippen molar-refractivity contribution >= 4 is 5.91 Å². The standard InChI is InChI=1S/C82H135NO18/c1-3-5-7-9-11-13-15-17-19-20-21-22-23-24-25-26-27-28-29-30-31-32-33-34-35-36-37-38-39-40-41-42-43-44-46-48-50-52-54-56-58-60-70(88)83-65(66(87)59-57-55-53-51-49-47-45-18-16-14-12-10-8-6-4-2)64-96-80-76(94)73(91)78(68(62-85)98-80)101-82-77(95)74(92)79(69(63-86)99-82)100-81-75(93)72(90)71(89)67(61-84)97-81/h5,7,11,13,17,19,21-22,24-25,27-28,30-31,33-34,36-37,39-40,42-43,57,59,65-69,71-82,84-87,89-95H,3-4,6,8-10,12,14-16,18,20,23,26,29,32,35,38,41,44-56,58,60-64H2,1-2H3,(H,83,88)/b7-5-,13-11-,19-17-,22-21-,25-24-,28-27-,31-30-,34-33-,37-36-,40-39-,43-42-,59-57+. The molecule has 1 amide bonds. The number of rotatable bonds is 58. The normalized spacial score (nSPS) is 27.2. The number of hydrogen-bond acceptors (Lipinski definition) is 18. The van der Waals surface area contributed by atoms with Crippen LogP contribution in [-0.4, -0.2) is 193 Å². The third-order valence-electron chi connectivity index (χ3n) is 18.1. The molecule has 3 heterocycles. The molecule has 0 saturated carbocycles. The fourth-order valence-corrected chi connectivity index (χ4v) is 12.0. The van der Waals surface area contributed by atoms with Gasteiger partial charge in [0.2, 0.25) is 5.91 Å². The molecule has 3 rings (SSSR count). The van der Waals surface area contributed by atoms with Crippen LogP contribution in [0.2, 0.25) is 0 Å². The van der Waals surface area contributed by atoms with E-state index in [1.165, 1.54) is 64.2 Å². The van der Waals surface area contributed by atoms with Gasteiger partial charge in [0, 0.05) is 6.42 Å². The molecule has 3 aliphatic rings. The first-order chi connectivity index (χ1) is 49.3. The lowest BCUT2D eigenvalue weighted by Crippen LogP contribution is -2.66. The van der Waals surface area contributed by atoms with E-state index < -0.39 is 124 Å². The van der Waals surface area contributed by atoms with Gasteiger partial charge in [-0.3, -0.25) is 4.79 Å². The minimum atomic E-state index is -1.99. The third-order valence-corrected chi connectivity index (χ3v) is 18.1. The van der Waals surface area contributed by atoms with Gasteiger partial charge in [0.05, 0.1) is 38.6 Å². The van der Waals surface area contributed by atoms with Crippen LogP contribution in [0.4, 0.5) is 0 Å². The van der Waals surface area contributed by atoms with Crippen molar-refractivity contribution in [1.29, 1.82) is 0 Å². The molecular weight excluding hydrogens is 1290 g/mol. The molecule has 19 nitrogen and oxygen atoms in total. The summed E-state index contributed by atoms with van der Waals surface area (Å²) in [6.45, 7) is 1.59. The summed E-state index contributed by atoms with van der Waals surface area (Å²) in [5.41, 5.74) is 0. The number of unbranched alkanes of at least 4 members (excludes halogenated alkanes) is 20. The summed E-state index contributed by atoms with van der Waals surface area (Å²) in [5, 5.41) is 121. The highest BCUT2D eigenvalue weighted by Gasteiger charge is 2.53. The van der Waals surface area contributed by atoms with E-state index in [1.54, 1.807) is 6.08 Å². The van der Waals surface area contributed by atoms with Crippen LogP contribution in [0.25, 0.3) is 0 Å². The summed E-state index contributed by atoms with van der Waals surface area (Å²) in [5.74, 6) is -0.293. The van der Waals surface area contributed by atoms with Crippen LogP contribution in [-0.2, 0) is 33.2 Å². The van der Waals surface area contributed by atoms with Gasteiger partial charge in [-0.15, -0.1) is 0 Å². The van der Waals surface area contributed by atoms with Crippen molar-refractivity contribution in [3.8, 4) is 0 Å². The van der Waals surface area contributed by atoms with Gasteiger partial charge in [-0.1, -0.05) is 269 Å². The predicted octanol–water partition coefficient (Wildman–Crippen LogP) is 12.3. The first-order valence-corrected chi connectivity index (χ1v) is 38.6. The summed E-state index contributed by atoms with van der Waals surface area (Å²) in [6.07, 6.45) is 61.1. The molecule has 0 aliphatic carbocycles. The highest BCUT2D eigenvalue weighted by Crippen LogP contribution is 2.33. The number of carbonyl (C=O) groups is 1. The van der Waals surface area contributed by atoms with Crippen molar-refractivity contribution in [3.05, 3.63) is 146 Å². The van der Waals surface area contributed by atoms with Crippen LogP contribution >= 0.6 is 0 Å². The zero-order chi connectivity index (χ0) is 73.2. The molecule has 19 heteroatoms. The number of carbonyl (C=O) groups excluding carboxylic acids is 1. The smallest absolute Gasteiger partial charge is 0.220 e. The van der Waals surface area contributed by atoms with Crippen molar-refractivity contribution in [2.24, 2.45) is 0 Å². The highest BCUT2D eigenvalue weighted by molar-refractivity contribution is 5.76. The van der Waals surface area contributed by atoms with Crippen LogP contribution in [0.15, 0.2) is 146 Å². The maximum atomic E-state index is 13.4. The van der Waals surface area contributed by atoms with Gasteiger partial charge in [0.1, 0.15) is 73.2 Å². The minimum absolute atomic E-state index is 0.221. The highest BCUT2D eigenvalue weighted by atomic mass is 16.8. The predicted molar refractivity (Wildman–Crippen MR) is 401 cm³/mol. The van der Waals surface area contributed by atoms with E-state index in [1.807, 2.05) is 6.08 Å². The Morgan fingerprint density at radius 1 is 0.366 bits per heavy atom. The second-order valence-corrected chi connectivity index (χ2v) is 26.7. The molecule has 0 aromatic carbocycles. The maximum absolute atomic E-state index is 13.4. The molecule has 101 heavy (non-hydrogen) atoms. The van der Waals surface area contributed by atoms with E-state index >= 15 is 0 Å². The van der Waals surface area contributed by atoms with Crippen LogP contribution < -0.4 is 5.32 Å². The van der Waals surface area contributed by atoms with Gasteiger partial charge in [0.25, 0.3) is 0 Å².